The number of rotatable bonds is 3. The zero-order valence-electron chi connectivity index (χ0n) is 14.2. The summed E-state index contributed by atoms with van der Waals surface area (Å²) in [7, 11) is 0. The lowest BCUT2D eigenvalue weighted by atomic mass is 10.1. The van der Waals surface area contributed by atoms with E-state index in [-0.39, 0.29) is 0 Å². The molecule has 0 aliphatic rings. The van der Waals surface area contributed by atoms with Crippen molar-refractivity contribution in [3.8, 4) is 0 Å². The molecule has 0 aliphatic heterocycles. The number of aryl methyl sites for hydroxylation is 1. The standard InChI is InChI=1S/C15H14N2O.2C2H6/c1-2-11-7-9-12(10-8-11)16-15-17-13-5-3-4-6-14(13)18-15;2*1-2/h3-10H,2H2,1H3,(H,16,17);2*1-2H3. The summed E-state index contributed by atoms with van der Waals surface area (Å²) in [5.74, 6) is 0. The summed E-state index contributed by atoms with van der Waals surface area (Å²) >= 11 is 0. The smallest absolute Gasteiger partial charge is 0.300 e. The molecule has 0 saturated heterocycles. The number of para-hydroxylation sites is 2. The Kier molecular flexibility index (Phi) is 7.76. The van der Waals surface area contributed by atoms with Crippen LogP contribution in [0.15, 0.2) is 52.9 Å². The molecule has 118 valence electrons. The second-order valence-electron chi connectivity index (χ2n) is 4.16. The van der Waals surface area contributed by atoms with Gasteiger partial charge in [-0.1, -0.05) is 58.9 Å². The van der Waals surface area contributed by atoms with Crippen molar-refractivity contribution in [1.82, 2.24) is 4.98 Å². The molecule has 0 spiro atoms. The van der Waals surface area contributed by atoms with Gasteiger partial charge < -0.3 is 9.73 Å². The first-order chi connectivity index (χ1) is 10.8. The minimum atomic E-state index is 0.528. The van der Waals surface area contributed by atoms with Crippen LogP contribution in [0.2, 0.25) is 0 Å². The predicted molar refractivity (Wildman–Crippen MR) is 95.8 cm³/mol. The number of hydrogen-bond acceptors (Lipinski definition) is 3. The summed E-state index contributed by atoms with van der Waals surface area (Å²) in [6.07, 6.45) is 1.04. The normalized spacial score (nSPS) is 9.32. The highest BCUT2D eigenvalue weighted by atomic mass is 16.4. The lowest BCUT2D eigenvalue weighted by Gasteiger charge is -2.02. The average molecular weight is 298 g/mol. The third-order valence-corrected chi connectivity index (χ3v) is 2.91. The molecule has 0 atom stereocenters. The Hall–Kier alpha value is -2.29. The summed E-state index contributed by atoms with van der Waals surface area (Å²) in [4.78, 5) is 4.37. The van der Waals surface area contributed by atoms with Crippen molar-refractivity contribution < 1.29 is 4.42 Å². The van der Waals surface area contributed by atoms with Gasteiger partial charge in [-0.3, -0.25) is 0 Å². The number of oxazole rings is 1. The molecule has 3 aromatic rings. The third-order valence-electron chi connectivity index (χ3n) is 2.91. The predicted octanol–water partition coefficient (Wildman–Crippen LogP) is 6.19. The van der Waals surface area contributed by atoms with Crippen LogP contribution >= 0.6 is 0 Å². The number of hydrogen-bond donors (Lipinski definition) is 1. The SMILES string of the molecule is CC.CC.CCc1ccc(Nc2nc3ccccc3o2)cc1. The van der Waals surface area contributed by atoms with Crippen LogP contribution in [-0.4, -0.2) is 4.98 Å². The van der Waals surface area contributed by atoms with E-state index in [0.717, 1.165) is 23.2 Å². The van der Waals surface area contributed by atoms with Gasteiger partial charge in [-0.2, -0.15) is 4.98 Å². The molecule has 0 amide bonds. The van der Waals surface area contributed by atoms with E-state index in [2.05, 4.69) is 29.4 Å². The highest BCUT2D eigenvalue weighted by molar-refractivity contribution is 5.75. The maximum absolute atomic E-state index is 5.61. The fraction of sp³-hybridized carbons (Fsp3) is 0.316. The molecule has 0 bridgehead atoms. The van der Waals surface area contributed by atoms with Crippen LogP contribution in [0.4, 0.5) is 11.7 Å². The largest absolute Gasteiger partial charge is 0.423 e. The molecule has 1 aromatic heterocycles. The second-order valence-corrected chi connectivity index (χ2v) is 4.16. The van der Waals surface area contributed by atoms with Gasteiger partial charge >= 0.3 is 0 Å². The molecule has 1 N–H and O–H groups in total. The molecule has 1 heterocycles. The lowest BCUT2D eigenvalue weighted by molar-refractivity contribution is 0.623. The van der Waals surface area contributed by atoms with E-state index in [9.17, 15) is 0 Å². The van der Waals surface area contributed by atoms with E-state index >= 15 is 0 Å². The molecule has 2 aromatic carbocycles. The number of aromatic nitrogens is 1. The first-order valence-electron chi connectivity index (χ1n) is 8.06. The minimum Gasteiger partial charge on any atom is -0.423 e. The number of nitrogens with one attached hydrogen (secondary N) is 1. The van der Waals surface area contributed by atoms with Crippen molar-refractivity contribution in [2.75, 3.05) is 5.32 Å². The summed E-state index contributed by atoms with van der Waals surface area (Å²) in [5, 5.41) is 3.17. The fourth-order valence-corrected chi connectivity index (χ4v) is 1.87. The minimum absolute atomic E-state index is 0.528. The van der Waals surface area contributed by atoms with Gasteiger partial charge in [0.05, 0.1) is 0 Å². The van der Waals surface area contributed by atoms with Crippen molar-refractivity contribution >= 4 is 22.8 Å². The Bertz CT molecular complexity index is 624. The molecule has 0 fully saturated rings. The van der Waals surface area contributed by atoms with E-state index in [1.54, 1.807) is 0 Å². The van der Waals surface area contributed by atoms with E-state index in [1.165, 1.54) is 5.56 Å². The average Bonchev–Trinajstić information content (AvgIpc) is 3.01. The molecule has 3 rings (SSSR count). The van der Waals surface area contributed by atoms with E-state index in [4.69, 9.17) is 4.42 Å². The summed E-state index contributed by atoms with van der Waals surface area (Å²) in [6.45, 7) is 10.1. The Balaban J connectivity index is 0.000000561. The Labute approximate surface area is 133 Å². The van der Waals surface area contributed by atoms with Gasteiger partial charge in [0.15, 0.2) is 5.58 Å². The van der Waals surface area contributed by atoms with Gasteiger partial charge in [-0.15, -0.1) is 0 Å². The summed E-state index contributed by atoms with van der Waals surface area (Å²) < 4.78 is 5.61. The highest BCUT2D eigenvalue weighted by Crippen LogP contribution is 2.21. The van der Waals surface area contributed by atoms with Crippen molar-refractivity contribution in [1.29, 1.82) is 0 Å². The topological polar surface area (TPSA) is 38.1 Å². The Morgan fingerprint density at radius 1 is 0.909 bits per heavy atom. The number of nitrogens with zero attached hydrogens (tertiary/aromatic N) is 1. The number of anilines is 2. The molecule has 0 aliphatic carbocycles. The van der Waals surface area contributed by atoms with Crippen LogP contribution in [0, 0.1) is 0 Å². The van der Waals surface area contributed by atoms with Crippen LogP contribution in [0.25, 0.3) is 11.1 Å². The zero-order chi connectivity index (χ0) is 16.4. The number of benzene rings is 2. The molecular formula is C19H26N2O. The van der Waals surface area contributed by atoms with Crippen LogP contribution in [0.1, 0.15) is 40.2 Å². The first kappa shape index (κ1) is 17.8. The van der Waals surface area contributed by atoms with Crippen molar-refractivity contribution in [3.63, 3.8) is 0 Å². The quantitative estimate of drug-likeness (QED) is 0.626. The van der Waals surface area contributed by atoms with E-state index < -0.39 is 0 Å². The van der Waals surface area contributed by atoms with Gasteiger partial charge in [0.2, 0.25) is 0 Å². The van der Waals surface area contributed by atoms with Crippen LogP contribution in [0.5, 0.6) is 0 Å². The van der Waals surface area contributed by atoms with Crippen molar-refractivity contribution in [2.24, 2.45) is 0 Å². The molecule has 0 radical (unpaired) electrons. The molecule has 22 heavy (non-hydrogen) atoms. The summed E-state index contributed by atoms with van der Waals surface area (Å²) in [5.41, 5.74) is 3.97. The van der Waals surface area contributed by atoms with Gasteiger partial charge in [0.1, 0.15) is 5.52 Å². The molecule has 0 unspecified atom stereocenters. The van der Waals surface area contributed by atoms with Crippen molar-refractivity contribution in [3.05, 3.63) is 54.1 Å². The highest BCUT2D eigenvalue weighted by Gasteiger charge is 2.04. The second kappa shape index (κ2) is 9.61. The fourth-order valence-electron chi connectivity index (χ4n) is 1.87. The Morgan fingerprint density at radius 2 is 1.55 bits per heavy atom. The molecule has 0 saturated carbocycles. The molecular weight excluding hydrogens is 272 g/mol. The van der Waals surface area contributed by atoms with Crippen molar-refractivity contribution in [2.45, 2.75) is 41.0 Å². The van der Waals surface area contributed by atoms with E-state index in [0.29, 0.717) is 6.01 Å². The third kappa shape index (κ3) is 4.62. The lowest BCUT2D eigenvalue weighted by Crippen LogP contribution is -1.90. The van der Waals surface area contributed by atoms with Gasteiger partial charge in [0, 0.05) is 5.69 Å². The van der Waals surface area contributed by atoms with Crippen LogP contribution in [-0.2, 0) is 6.42 Å². The first-order valence-corrected chi connectivity index (χ1v) is 8.06. The van der Waals surface area contributed by atoms with Gasteiger partial charge in [0.25, 0.3) is 6.01 Å². The maximum atomic E-state index is 5.61. The van der Waals surface area contributed by atoms with E-state index in [1.807, 2.05) is 64.1 Å². The molecule has 3 nitrogen and oxygen atoms in total. The van der Waals surface area contributed by atoms with Crippen LogP contribution < -0.4 is 5.32 Å². The zero-order valence-corrected chi connectivity index (χ0v) is 14.2. The maximum Gasteiger partial charge on any atom is 0.300 e. The number of fused-ring (bicyclic) bond motifs is 1. The van der Waals surface area contributed by atoms with Gasteiger partial charge in [-0.05, 0) is 36.2 Å². The van der Waals surface area contributed by atoms with Crippen LogP contribution in [0.3, 0.4) is 0 Å². The monoisotopic (exact) mass is 298 g/mol. The summed E-state index contributed by atoms with van der Waals surface area (Å²) in [6, 6.07) is 16.5. The van der Waals surface area contributed by atoms with Gasteiger partial charge in [-0.25, -0.2) is 0 Å². The molecule has 3 heteroatoms. The Morgan fingerprint density at radius 3 is 2.14 bits per heavy atom.